The quantitative estimate of drug-likeness (QED) is 0.227. The van der Waals surface area contributed by atoms with Crippen molar-refractivity contribution in [2.24, 2.45) is 11.8 Å². The van der Waals surface area contributed by atoms with Crippen LogP contribution in [0.25, 0.3) is 0 Å². The van der Waals surface area contributed by atoms with E-state index in [0.717, 1.165) is 61.7 Å². The lowest BCUT2D eigenvalue weighted by atomic mass is 9.68. The lowest BCUT2D eigenvalue weighted by molar-refractivity contribution is -0.0367. The van der Waals surface area contributed by atoms with Gasteiger partial charge in [-0.05, 0) is 106 Å². The van der Waals surface area contributed by atoms with Crippen molar-refractivity contribution in [2.45, 2.75) is 70.0 Å². The van der Waals surface area contributed by atoms with Crippen LogP contribution in [0.2, 0.25) is 5.02 Å². The van der Waals surface area contributed by atoms with Gasteiger partial charge in [-0.1, -0.05) is 23.7 Å². The fourth-order valence-corrected chi connectivity index (χ4v) is 6.78. The number of aryl methyl sites for hydroxylation is 1. The van der Waals surface area contributed by atoms with Crippen molar-refractivity contribution < 1.29 is 24.1 Å². The number of benzene rings is 2. The molecule has 1 unspecified atom stereocenters. The van der Waals surface area contributed by atoms with Gasteiger partial charge >= 0.3 is 5.97 Å². The molecule has 3 aliphatic rings. The van der Waals surface area contributed by atoms with E-state index in [-0.39, 0.29) is 17.3 Å². The van der Waals surface area contributed by atoms with Gasteiger partial charge in [-0.15, -0.1) is 6.58 Å². The number of ether oxygens (including phenoxy) is 3. The third kappa shape index (κ3) is 6.19. The van der Waals surface area contributed by atoms with Gasteiger partial charge in [0, 0.05) is 23.5 Å². The van der Waals surface area contributed by atoms with Gasteiger partial charge in [-0.2, -0.15) is 0 Å². The number of hydrogen-bond acceptors (Lipinski definition) is 6. The zero-order chi connectivity index (χ0) is 28.5. The zero-order valence-electron chi connectivity index (χ0n) is 24.0. The minimum Gasteiger partial charge on any atom is -0.490 e. The van der Waals surface area contributed by atoms with Crippen LogP contribution >= 0.6 is 11.6 Å². The number of rotatable bonds is 8. The number of carbonyl (C=O) groups excluding carboxylic acids is 1. The molecule has 7 heteroatoms. The number of esters is 1. The summed E-state index contributed by atoms with van der Waals surface area (Å²) in [6, 6.07) is 11.9. The smallest absolute Gasteiger partial charge is 0.338 e. The molecule has 1 spiro atoms. The van der Waals surface area contributed by atoms with Gasteiger partial charge in [-0.3, -0.25) is 0 Å². The second-order valence-corrected chi connectivity index (χ2v) is 13.1. The predicted octanol–water partition coefficient (Wildman–Crippen LogP) is 6.36. The second kappa shape index (κ2) is 11.8. The maximum absolute atomic E-state index is 13.0. The number of hydrogen-bond donors (Lipinski definition) is 1. The van der Waals surface area contributed by atoms with Crippen molar-refractivity contribution >= 4 is 23.3 Å². The molecule has 5 rings (SSSR count). The molecule has 2 aromatic carbocycles. The Morgan fingerprint density at radius 2 is 2.10 bits per heavy atom. The maximum atomic E-state index is 13.0. The lowest BCUT2D eigenvalue weighted by Crippen LogP contribution is -2.50. The van der Waals surface area contributed by atoms with Crippen molar-refractivity contribution in [3.05, 3.63) is 70.8 Å². The van der Waals surface area contributed by atoms with Gasteiger partial charge in [0.1, 0.15) is 11.4 Å². The van der Waals surface area contributed by atoms with E-state index in [0.29, 0.717) is 31.3 Å². The summed E-state index contributed by atoms with van der Waals surface area (Å²) in [4.78, 5) is 15.4. The minimum atomic E-state index is -0.583. The number of anilines is 1. The summed E-state index contributed by atoms with van der Waals surface area (Å²) in [5.41, 5.74) is 3.23. The highest BCUT2D eigenvalue weighted by Crippen LogP contribution is 2.46. The van der Waals surface area contributed by atoms with E-state index in [1.807, 2.05) is 39.0 Å². The molecular weight excluding hydrogens is 526 g/mol. The standard InChI is InChI=1S/C33H42ClNO5/c1-5-15-38-19-29(36)26-11-8-24(26)18-35-20-33(14-6-7-22-16-25(34)10-12-27(22)33)21-39-30-13-9-23(17-28(30)35)31(37)40-32(2,3)4/h5,9-10,12-13,16-17,24,26,29,36H,1,6-8,11,14-15,18-21H2,2-4H3/t24-,26+,29-,33?/m0/s1. The van der Waals surface area contributed by atoms with Crippen molar-refractivity contribution in [1.29, 1.82) is 0 Å². The van der Waals surface area contributed by atoms with Gasteiger partial charge in [0.05, 0.1) is 37.2 Å². The number of aliphatic hydroxyl groups excluding tert-OH is 1. The third-order valence-corrected chi connectivity index (χ3v) is 8.86. The molecule has 1 N–H and O–H groups in total. The van der Waals surface area contributed by atoms with Crippen LogP contribution in [-0.4, -0.2) is 55.7 Å². The number of fused-ring (bicyclic) bond motifs is 3. The summed E-state index contributed by atoms with van der Waals surface area (Å²) >= 11 is 6.39. The zero-order valence-corrected chi connectivity index (χ0v) is 24.7. The number of nitrogens with zero attached hydrogens (tertiary/aromatic N) is 1. The Balaban J connectivity index is 1.47. The fourth-order valence-electron chi connectivity index (χ4n) is 6.58. The molecular formula is C33H42ClNO5. The fraction of sp³-hybridized carbons (Fsp3) is 0.545. The van der Waals surface area contributed by atoms with Gasteiger partial charge in [0.2, 0.25) is 0 Å². The minimum absolute atomic E-state index is 0.167. The van der Waals surface area contributed by atoms with E-state index >= 15 is 0 Å². The molecule has 0 bridgehead atoms. The Labute approximate surface area is 243 Å². The Bertz CT molecular complexity index is 1240. The van der Waals surface area contributed by atoms with Gasteiger partial charge in [-0.25, -0.2) is 4.79 Å². The number of aliphatic hydroxyl groups is 1. The SMILES string of the molecule is C=CCOC[C@H](O)[C@@H]1CC[C@H]1CN1CC2(CCCc3cc(Cl)ccc32)COc2ccc(C(=O)OC(C)(C)C)cc21. The predicted molar refractivity (Wildman–Crippen MR) is 159 cm³/mol. The van der Waals surface area contributed by atoms with Crippen LogP contribution in [0.5, 0.6) is 5.75 Å². The number of carbonyl (C=O) groups is 1. The summed E-state index contributed by atoms with van der Waals surface area (Å²) in [7, 11) is 0. The van der Waals surface area contributed by atoms with E-state index in [1.165, 1.54) is 11.1 Å². The van der Waals surface area contributed by atoms with Crippen LogP contribution in [-0.2, 0) is 21.3 Å². The van der Waals surface area contributed by atoms with Crippen LogP contribution in [0, 0.1) is 11.8 Å². The Hall–Kier alpha value is -2.54. The van der Waals surface area contributed by atoms with Gasteiger partial charge in [0.25, 0.3) is 0 Å². The Morgan fingerprint density at radius 3 is 2.83 bits per heavy atom. The summed E-state index contributed by atoms with van der Waals surface area (Å²) < 4.78 is 17.8. The molecule has 2 aromatic rings. The number of halogens is 1. The van der Waals surface area contributed by atoms with E-state index in [4.69, 9.17) is 25.8 Å². The van der Waals surface area contributed by atoms with E-state index in [1.54, 1.807) is 12.1 Å². The molecule has 0 radical (unpaired) electrons. The summed E-state index contributed by atoms with van der Waals surface area (Å²) in [5.74, 6) is 0.905. The van der Waals surface area contributed by atoms with E-state index in [2.05, 4.69) is 23.6 Å². The summed E-state index contributed by atoms with van der Waals surface area (Å²) in [5, 5.41) is 11.7. The van der Waals surface area contributed by atoms with Crippen LogP contribution in [0.1, 0.15) is 67.9 Å². The topological polar surface area (TPSA) is 68.2 Å². The Morgan fingerprint density at radius 1 is 1.27 bits per heavy atom. The van der Waals surface area contributed by atoms with E-state index < -0.39 is 11.7 Å². The molecule has 1 fully saturated rings. The van der Waals surface area contributed by atoms with Gasteiger partial charge < -0.3 is 24.2 Å². The first-order valence-corrected chi connectivity index (χ1v) is 14.9. The van der Waals surface area contributed by atoms with Crippen LogP contribution in [0.4, 0.5) is 5.69 Å². The molecule has 216 valence electrons. The molecule has 6 nitrogen and oxygen atoms in total. The average Bonchev–Trinajstić information content (AvgIpc) is 3.03. The molecule has 1 aliphatic heterocycles. The van der Waals surface area contributed by atoms with Crippen LogP contribution in [0.3, 0.4) is 0 Å². The monoisotopic (exact) mass is 567 g/mol. The molecule has 40 heavy (non-hydrogen) atoms. The second-order valence-electron chi connectivity index (χ2n) is 12.7. The molecule has 2 aliphatic carbocycles. The first-order valence-electron chi connectivity index (χ1n) is 14.5. The maximum Gasteiger partial charge on any atom is 0.338 e. The highest BCUT2D eigenvalue weighted by atomic mass is 35.5. The van der Waals surface area contributed by atoms with Crippen molar-refractivity contribution in [3.63, 3.8) is 0 Å². The third-order valence-electron chi connectivity index (χ3n) is 8.62. The summed E-state index contributed by atoms with van der Waals surface area (Å²) in [6.45, 7) is 12.2. The first-order chi connectivity index (χ1) is 19.1. The molecule has 0 aromatic heterocycles. The van der Waals surface area contributed by atoms with E-state index in [9.17, 15) is 9.90 Å². The highest BCUT2D eigenvalue weighted by molar-refractivity contribution is 6.30. The molecule has 1 saturated carbocycles. The normalized spacial score (nSPS) is 24.7. The Kier molecular flexibility index (Phi) is 8.51. The first kappa shape index (κ1) is 29.0. The highest BCUT2D eigenvalue weighted by Gasteiger charge is 2.44. The molecule has 0 amide bonds. The largest absolute Gasteiger partial charge is 0.490 e. The molecule has 0 saturated heterocycles. The van der Waals surface area contributed by atoms with Crippen LogP contribution < -0.4 is 9.64 Å². The molecule has 1 heterocycles. The van der Waals surface area contributed by atoms with Crippen molar-refractivity contribution in [2.75, 3.05) is 37.8 Å². The lowest BCUT2D eigenvalue weighted by Gasteiger charge is -2.45. The molecule has 4 atom stereocenters. The van der Waals surface area contributed by atoms with Crippen molar-refractivity contribution in [1.82, 2.24) is 0 Å². The van der Waals surface area contributed by atoms with Crippen LogP contribution in [0.15, 0.2) is 49.1 Å². The summed E-state index contributed by atoms with van der Waals surface area (Å²) in [6.07, 6.45) is 6.30. The average molecular weight is 568 g/mol. The van der Waals surface area contributed by atoms with Crippen molar-refractivity contribution in [3.8, 4) is 5.75 Å². The van der Waals surface area contributed by atoms with Gasteiger partial charge in [0.15, 0.2) is 0 Å².